The summed E-state index contributed by atoms with van der Waals surface area (Å²) >= 11 is 7.31. The number of para-hydroxylation sites is 1. The largest absolute Gasteiger partial charge is 0.453 e. The van der Waals surface area contributed by atoms with Crippen LogP contribution < -0.4 is 10.9 Å². The number of benzene rings is 3. The number of aromatic nitrogens is 3. The Hall–Kier alpha value is -4.01. The van der Waals surface area contributed by atoms with Crippen molar-refractivity contribution < 1.29 is 9.53 Å². The summed E-state index contributed by atoms with van der Waals surface area (Å²) in [5, 5.41) is 3.99. The summed E-state index contributed by atoms with van der Waals surface area (Å²) in [5.74, 6) is 0.403. The van der Waals surface area contributed by atoms with Crippen molar-refractivity contribution in [3.05, 3.63) is 94.2 Å². The summed E-state index contributed by atoms with van der Waals surface area (Å²) in [7, 11) is 1.28. The van der Waals surface area contributed by atoms with Crippen LogP contribution in [-0.4, -0.2) is 27.7 Å². The first-order chi connectivity index (χ1) is 16.5. The fraction of sp³-hybridized carbons (Fsp3) is 0.0400. The van der Waals surface area contributed by atoms with Crippen molar-refractivity contribution in [2.75, 3.05) is 12.4 Å². The summed E-state index contributed by atoms with van der Waals surface area (Å²) in [4.78, 5) is 35.7. The molecule has 168 valence electrons. The van der Waals surface area contributed by atoms with Gasteiger partial charge in [-0.05, 0) is 36.4 Å². The van der Waals surface area contributed by atoms with Crippen LogP contribution in [0.3, 0.4) is 0 Å². The number of hydrogen-bond acceptors (Lipinski definition) is 6. The monoisotopic (exact) mass is 488 g/mol. The molecule has 5 rings (SSSR count). The Kier molecular flexibility index (Phi) is 5.83. The molecule has 0 saturated carbocycles. The molecule has 7 nitrogen and oxygen atoms in total. The number of ether oxygens (including phenoxy) is 1. The molecular formula is C25H17ClN4O3S. The van der Waals surface area contributed by atoms with Gasteiger partial charge in [-0.25, -0.2) is 14.8 Å². The molecule has 0 spiro atoms. The normalized spacial score (nSPS) is 10.9. The van der Waals surface area contributed by atoms with Gasteiger partial charge in [-0.1, -0.05) is 65.4 Å². The van der Waals surface area contributed by atoms with E-state index >= 15 is 0 Å². The lowest BCUT2D eigenvalue weighted by Crippen LogP contribution is -2.21. The quantitative estimate of drug-likeness (QED) is 0.335. The molecule has 0 saturated heterocycles. The van der Waals surface area contributed by atoms with E-state index in [1.54, 1.807) is 47.0 Å². The Labute approximate surface area is 203 Å². The first kappa shape index (κ1) is 21.8. The van der Waals surface area contributed by atoms with E-state index in [1.807, 2.05) is 36.4 Å². The lowest BCUT2D eigenvalue weighted by Gasteiger charge is -2.14. The van der Waals surface area contributed by atoms with E-state index in [4.69, 9.17) is 21.3 Å². The molecule has 2 aromatic heterocycles. The number of carbonyl (C=O) groups is 1. The summed E-state index contributed by atoms with van der Waals surface area (Å²) in [6.07, 6.45) is -0.638. The minimum atomic E-state index is -0.638. The first-order valence-electron chi connectivity index (χ1n) is 10.2. The van der Waals surface area contributed by atoms with Gasteiger partial charge in [0.25, 0.3) is 5.56 Å². The summed E-state index contributed by atoms with van der Waals surface area (Å²) in [6, 6.07) is 23.7. The highest BCUT2D eigenvalue weighted by molar-refractivity contribution is 7.19. The predicted octanol–water partition coefficient (Wildman–Crippen LogP) is 6.01. The van der Waals surface area contributed by atoms with Crippen LogP contribution in [0, 0.1) is 0 Å². The van der Waals surface area contributed by atoms with E-state index in [2.05, 4.69) is 10.3 Å². The van der Waals surface area contributed by atoms with E-state index in [9.17, 15) is 9.59 Å². The third kappa shape index (κ3) is 4.05. The number of amides is 1. The minimum Gasteiger partial charge on any atom is -0.453 e. The number of carbonyl (C=O) groups excluding carboxylic acids is 1. The molecule has 0 radical (unpaired) electrons. The third-order valence-electron chi connectivity index (χ3n) is 5.13. The van der Waals surface area contributed by atoms with Crippen molar-refractivity contribution in [1.82, 2.24) is 14.5 Å². The molecule has 1 N–H and O–H groups in total. The van der Waals surface area contributed by atoms with Gasteiger partial charge in [0.15, 0.2) is 11.0 Å². The second-order valence-electron chi connectivity index (χ2n) is 7.25. The second-order valence-corrected chi connectivity index (χ2v) is 8.68. The Morgan fingerprint density at radius 3 is 2.41 bits per heavy atom. The van der Waals surface area contributed by atoms with Crippen LogP contribution in [0.1, 0.15) is 0 Å². The molecule has 0 aliphatic rings. The third-order valence-corrected chi connectivity index (χ3v) is 6.35. The fourth-order valence-corrected chi connectivity index (χ4v) is 4.65. The van der Waals surface area contributed by atoms with Crippen molar-refractivity contribution >= 4 is 45.1 Å². The Bertz CT molecular complexity index is 1560. The van der Waals surface area contributed by atoms with Crippen LogP contribution in [0.15, 0.2) is 83.7 Å². The topological polar surface area (TPSA) is 86.1 Å². The van der Waals surface area contributed by atoms with E-state index in [1.165, 1.54) is 18.4 Å². The van der Waals surface area contributed by atoms with Gasteiger partial charge < -0.3 is 4.74 Å². The molecule has 5 aromatic rings. The summed E-state index contributed by atoms with van der Waals surface area (Å²) < 4.78 is 6.27. The number of nitrogens with one attached hydrogen (secondary N) is 1. The molecule has 0 aliphatic heterocycles. The van der Waals surface area contributed by atoms with Crippen LogP contribution >= 0.6 is 22.9 Å². The van der Waals surface area contributed by atoms with Gasteiger partial charge in [0.2, 0.25) is 0 Å². The van der Waals surface area contributed by atoms with E-state index in [0.29, 0.717) is 43.1 Å². The number of thiazole rings is 1. The molecule has 9 heteroatoms. The average molecular weight is 489 g/mol. The Morgan fingerprint density at radius 1 is 0.971 bits per heavy atom. The fourth-order valence-electron chi connectivity index (χ4n) is 3.57. The number of halogens is 1. The number of methoxy groups -OCH3 is 1. The number of hydrogen-bond donors (Lipinski definition) is 1. The molecule has 0 fully saturated rings. The van der Waals surface area contributed by atoms with E-state index in [-0.39, 0.29) is 5.56 Å². The van der Waals surface area contributed by atoms with Gasteiger partial charge in [0, 0.05) is 10.6 Å². The van der Waals surface area contributed by atoms with Crippen LogP contribution in [-0.2, 0) is 4.74 Å². The predicted molar refractivity (Wildman–Crippen MR) is 135 cm³/mol. The molecule has 0 atom stereocenters. The van der Waals surface area contributed by atoms with Gasteiger partial charge in [0.1, 0.15) is 4.88 Å². The Morgan fingerprint density at radius 2 is 1.68 bits per heavy atom. The molecule has 1 amide bonds. The number of fused-ring (bicyclic) bond motifs is 1. The first-order valence-corrected chi connectivity index (χ1v) is 11.4. The smallest absolute Gasteiger partial charge is 0.413 e. The molecule has 0 bridgehead atoms. The maximum atomic E-state index is 13.7. The van der Waals surface area contributed by atoms with Gasteiger partial charge in [0.05, 0.1) is 29.4 Å². The summed E-state index contributed by atoms with van der Waals surface area (Å²) in [5.41, 5.74) is 2.34. The molecule has 2 heterocycles. The van der Waals surface area contributed by atoms with Crippen molar-refractivity contribution in [3.63, 3.8) is 0 Å². The lowest BCUT2D eigenvalue weighted by molar-refractivity contribution is 0.187. The molecular weight excluding hydrogens is 472 g/mol. The molecule has 0 aliphatic carbocycles. The van der Waals surface area contributed by atoms with Gasteiger partial charge in [-0.15, -0.1) is 0 Å². The van der Waals surface area contributed by atoms with Crippen molar-refractivity contribution in [2.24, 2.45) is 0 Å². The maximum absolute atomic E-state index is 13.7. The molecule has 0 unspecified atom stereocenters. The zero-order chi connectivity index (χ0) is 23.7. The molecule has 34 heavy (non-hydrogen) atoms. The van der Waals surface area contributed by atoms with Crippen LogP contribution in [0.4, 0.5) is 9.93 Å². The minimum absolute atomic E-state index is 0.224. The number of rotatable bonds is 4. The van der Waals surface area contributed by atoms with Gasteiger partial charge >= 0.3 is 6.09 Å². The standard InChI is InChI=1S/C25H17ClN4O3S/c1-33-25(32)29-24-28-20(15-7-3-2-4-8-15)21(34-24)22-27-19-10-6-5-9-18(19)23(31)30(22)17-13-11-16(26)12-14-17/h2-14H,1H3,(H,28,29,32). The average Bonchev–Trinajstić information content (AvgIpc) is 3.29. The number of anilines is 1. The van der Waals surface area contributed by atoms with Crippen LogP contribution in [0.25, 0.3) is 38.5 Å². The molecule has 3 aromatic carbocycles. The lowest BCUT2D eigenvalue weighted by atomic mass is 10.1. The van der Waals surface area contributed by atoms with Crippen LogP contribution in [0.2, 0.25) is 5.02 Å². The maximum Gasteiger partial charge on any atom is 0.413 e. The van der Waals surface area contributed by atoms with Crippen molar-refractivity contribution in [1.29, 1.82) is 0 Å². The highest BCUT2D eigenvalue weighted by atomic mass is 35.5. The van der Waals surface area contributed by atoms with Crippen LogP contribution in [0.5, 0.6) is 0 Å². The highest BCUT2D eigenvalue weighted by Gasteiger charge is 2.23. The highest BCUT2D eigenvalue weighted by Crippen LogP contribution is 2.39. The second kappa shape index (κ2) is 9.09. The zero-order valence-corrected chi connectivity index (χ0v) is 19.4. The van der Waals surface area contributed by atoms with Crippen molar-refractivity contribution in [3.8, 4) is 27.6 Å². The van der Waals surface area contributed by atoms with Gasteiger partial charge in [-0.3, -0.25) is 14.7 Å². The number of nitrogens with zero attached hydrogens (tertiary/aromatic N) is 3. The SMILES string of the molecule is COC(=O)Nc1nc(-c2ccccc2)c(-c2nc3ccccc3c(=O)n2-c2ccc(Cl)cc2)s1. The zero-order valence-electron chi connectivity index (χ0n) is 17.9. The van der Waals surface area contributed by atoms with E-state index < -0.39 is 6.09 Å². The van der Waals surface area contributed by atoms with E-state index in [0.717, 1.165) is 5.56 Å². The van der Waals surface area contributed by atoms with Crippen molar-refractivity contribution in [2.45, 2.75) is 0 Å². The van der Waals surface area contributed by atoms with Gasteiger partial charge in [-0.2, -0.15) is 0 Å². The Balaban J connectivity index is 1.83. The summed E-state index contributed by atoms with van der Waals surface area (Å²) in [6.45, 7) is 0.